The van der Waals surface area contributed by atoms with Crippen molar-refractivity contribution in [1.29, 1.82) is 0 Å². The molecule has 3 N–H and O–H groups in total. The van der Waals surface area contributed by atoms with Crippen LogP contribution in [0, 0.1) is 11.8 Å². The van der Waals surface area contributed by atoms with Gasteiger partial charge in [0.2, 0.25) is 0 Å². The standard InChI is InChI=1S/C15H33N3/c1-13(2)10-14-6-5-7-15(11-14,12-16)17-8-9-18(3)4/h13-14,17H,5-12,16H2,1-4H3. The Labute approximate surface area is 113 Å². The van der Waals surface area contributed by atoms with Gasteiger partial charge in [0.15, 0.2) is 0 Å². The van der Waals surface area contributed by atoms with Crippen LogP contribution in [0.2, 0.25) is 0 Å². The second kappa shape index (κ2) is 7.46. The molecule has 0 aromatic rings. The number of hydrogen-bond donors (Lipinski definition) is 2. The monoisotopic (exact) mass is 255 g/mol. The molecule has 1 saturated carbocycles. The molecule has 108 valence electrons. The largest absolute Gasteiger partial charge is 0.329 e. The lowest BCUT2D eigenvalue weighted by molar-refractivity contribution is 0.164. The highest BCUT2D eigenvalue weighted by molar-refractivity contribution is 4.94. The van der Waals surface area contributed by atoms with Crippen LogP contribution in [0.4, 0.5) is 0 Å². The maximum Gasteiger partial charge on any atom is 0.0307 e. The normalized spacial score (nSPS) is 29.2. The first-order chi connectivity index (χ1) is 8.47. The van der Waals surface area contributed by atoms with Crippen molar-refractivity contribution in [2.75, 3.05) is 33.7 Å². The number of rotatable bonds is 7. The Morgan fingerprint density at radius 1 is 1.39 bits per heavy atom. The van der Waals surface area contributed by atoms with Crippen molar-refractivity contribution in [3.8, 4) is 0 Å². The predicted molar refractivity (Wildman–Crippen MR) is 79.8 cm³/mol. The van der Waals surface area contributed by atoms with E-state index in [0.29, 0.717) is 0 Å². The van der Waals surface area contributed by atoms with E-state index in [1.807, 2.05) is 0 Å². The summed E-state index contributed by atoms with van der Waals surface area (Å²) < 4.78 is 0. The van der Waals surface area contributed by atoms with Crippen LogP contribution >= 0.6 is 0 Å². The zero-order chi connectivity index (χ0) is 13.6. The van der Waals surface area contributed by atoms with E-state index in [0.717, 1.165) is 31.5 Å². The molecule has 0 spiro atoms. The topological polar surface area (TPSA) is 41.3 Å². The molecule has 2 unspecified atom stereocenters. The molecule has 0 heterocycles. The van der Waals surface area contributed by atoms with Crippen molar-refractivity contribution in [3.05, 3.63) is 0 Å². The maximum absolute atomic E-state index is 6.07. The lowest BCUT2D eigenvalue weighted by Gasteiger charge is -2.42. The Balaban J connectivity index is 2.46. The molecule has 0 radical (unpaired) electrons. The van der Waals surface area contributed by atoms with Crippen LogP contribution in [0.1, 0.15) is 46.0 Å². The second-order valence-corrected chi connectivity index (χ2v) is 6.81. The summed E-state index contributed by atoms with van der Waals surface area (Å²) in [4.78, 5) is 2.23. The van der Waals surface area contributed by atoms with Gasteiger partial charge in [0.25, 0.3) is 0 Å². The van der Waals surface area contributed by atoms with Gasteiger partial charge in [0, 0.05) is 25.2 Å². The third-order valence-electron chi connectivity index (χ3n) is 4.20. The van der Waals surface area contributed by atoms with Gasteiger partial charge < -0.3 is 16.0 Å². The molecule has 18 heavy (non-hydrogen) atoms. The first kappa shape index (κ1) is 15.9. The van der Waals surface area contributed by atoms with Crippen molar-refractivity contribution in [2.45, 2.75) is 51.5 Å². The molecule has 1 aliphatic rings. The Morgan fingerprint density at radius 3 is 2.67 bits per heavy atom. The van der Waals surface area contributed by atoms with Crippen LogP contribution in [-0.4, -0.2) is 44.2 Å². The van der Waals surface area contributed by atoms with Gasteiger partial charge >= 0.3 is 0 Å². The molecular formula is C15H33N3. The maximum atomic E-state index is 6.07. The van der Waals surface area contributed by atoms with Crippen LogP contribution in [0.25, 0.3) is 0 Å². The minimum atomic E-state index is 0.216. The predicted octanol–water partition coefficient (Wildman–Crippen LogP) is 2.07. The summed E-state index contributed by atoms with van der Waals surface area (Å²) in [7, 11) is 4.25. The first-order valence-electron chi connectivity index (χ1n) is 7.57. The van der Waals surface area contributed by atoms with Gasteiger partial charge in [0.1, 0.15) is 0 Å². The zero-order valence-electron chi connectivity index (χ0n) is 12.8. The summed E-state index contributed by atoms with van der Waals surface area (Å²) >= 11 is 0. The Bertz CT molecular complexity index is 228. The Morgan fingerprint density at radius 2 is 2.11 bits per heavy atom. The minimum absolute atomic E-state index is 0.216. The Hall–Kier alpha value is -0.120. The highest BCUT2D eigenvalue weighted by Gasteiger charge is 2.34. The van der Waals surface area contributed by atoms with E-state index >= 15 is 0 Å². The fourth-order valence-corrected chi connectivity index (χ4v) is 3.32. The Kier molecular flexibility index (Phi) is 6.61. The van der Waals surface area contributed by atoms with E-state index in [1.165, 1.54) is 32.1 Å². The molecule has 1 aliphatic carbocycles. The minimum Gasteiger partial charge on any atom is -0.329 e. The quantitative estimate of drug-likeness (QED) is 0.732. The molecule has 1 fully saturated rings. The van der Waals surface area contributed by atoms with Gasteiger partial charge in [-0.15, -0.1) is 0 Å². The summed E-state index contributed by atoms with van der Waals surface area (Å²) in [6.45, 7) is 7.60. The summed E-state index contributed by atoms with van der Waals surface area (Å²) in [5.41, 5.74) is 6.29. The smallest absolute Gasteiger partial charge is 0.0307 e. The molecule has 2 atom stereocenters. The van der Waals surface area contributed by atoms with Crippen molar-refractivity contribution in [1.82, 2.24) is 10.2 Å². The molecule has 0 amide bonds. The van der Waals surface area contributed by atoms with Crippen LogP contribution in [-0.2, 0) is 0 Å². The van der Waals surface area contributed by atoms with E-state index < -0.39 is 0 Å². The third kappa shape index (κ3) is 5.25. The summed E-state index contributed by atoms with van der Waals surface area (Å²) in [5, 5.41) is 3.75. The van der Waals surface area contributed by atoms with Crippen LogP contribution in [0.3, 0.4) is 0 Å². The van der Waals surface area contributed by atoms with Crippen molar-refractivity contribution in [2.24, 2.45) is 17.6 Å². The van der Waals surface area contributed by atoms with Crippen molar-refractivity contribution < 1.29 is 0 Å². The summed E-state index contributed by atoms with van der Waals surface area (Å²) in [5.74, 6) is 1.68. The number of nitrogens with one attached hydrogen (secondary N) is 1. The fraction of sp³-hybridized carbons (Fsp3) is 1.00. The van der Waals surface area contributed by atoms with Gasteiger partial charge in [-0.1, -0.05) is 26.7 Å². The number of nitrogens with two attached hydrogens (primary N) is 1. The molecule has 3 heteroatoms. The van der Waals surface area contributed by atoms with Crippen LogP contribution in [0.5, 0.6) is 0 Å². The number of nitrogens with zero attached hydrogens (tertiary/aromatic N) is 1. The highest BCUT2D eigenvalue weighted by Crippen LogP contribution is 2.35. The van der Waals surface area contributed by atoms with Gasteiger partial charge in [-0.05, 0) is 45.2 Å². The molecule has 0 aliphatic heterocycles. The van der Waals surface area contributed by atoms with Crippen LogP contribution in [0.15, 0.2) is 0 Å². The average molecular weight is 255 g/mol. The second-order valence-electron chi connectivity index (χ2n) is 6.81. The van der Waals surface area contributed by atoms with Crippen molar-refractivity contribution in [3.63, 3.8) is 0 Å². The molecule has 1 rings (SSSR count). The number of hydrogen-bond acceptors (Lipinski definition) is 3. The molecular weight excluding hydrogens is 222 g/mol. The summed E-state index contributed by atoms with van der Waals surface area (Å²) in [6, 6.07) is 0. The fourth-order valence-electron chi connectivity index (χ4n) is 3.32. The zero-order valence-corrected chi connectivity index (χ0v) is 12.8. The van der Waals surface area contributed by atoms with Gasteiger partial charge in [-0.3, -0.25) is 0 Å². The summed E-state index contributed by atoms with van der Waals surface area (Å²) in [6.07, 6.45) is 6.62. The molecule has 0 saturated heterocycles. The van der Waals surface area contributed by atoms with Gasteiger partial charge in [0.05, 0.1) is 0 Å². The lowest BCUT2D eigenvalue weighted by Crippen LogP contribution is -2.55. The van der Waals surface area contributed by atoms with E-state index in [4.69, 9.17) is 5.73 Å². The third-order valence-corrected chi connectivity index (χ3v) is 4.20. The molecule has 0 aromatic heterocycles. The molecule has 0 aromatic carbocycles. The van der Waals surface area contributed by atoms with Crippen molar-refractivity contribution >= 4 is 0 Å². The lowest BCUT2D eigenvalue weighted by atomic mass is 9.73. The van der Waals surface area contributed by atoms with Gasteiger partial charge in [-0.2, -0.15) is 0 Å². The van der Waals surface area contributed by atoms with E-state index in [1.54, 1.807) is 0 Å². The van der Waals surface area contributed by atoms with Gasteiger partial charge in [-0.25, -0.2) is 0 Å². The van der Waals surface area contributed by atoms with E-state index in [9.17, 15) is 0 Å². The van der Waals surface area contributed by atoms with Crippen LogP contribution < -0.4 is 11.1 Å². The average Bonchev–Trinajstić information content (AvgIpc) is 2.28. The first-order valence-corrected chi connectivity index (χ1v) is 7.57. The van der Waals surface area contributed by atoms with E-state index in [2.05, 4.69) is 38.2 Å². The van der Waals surface area contributed by atoms with E-state index in [-0.39, 0.29) is 5.54 Å². The molecule has 3 nitrogen and oxygen atoms in total. The highest BCUT2D eigenvalue weighted by atomic mass is 15.1. The number of likely N-dealkylation sites (N-methyl/N-ethyl adjacent to an activating group) is 1. The SMILES string of the molecule is CC(C)CC1CCCC(CN)(NCCN(C)C)C1. The molecule has 0 bridgehead atoms.